The number of phenols is 1. The summed E-state index contributed by atoms with van der Waals surface area (Å²) in [6.07, 6.45) is 4.62. The molecule has 0 radical (unpaired) electrons. The van der Waals surface area contributed by atoms with Gasteiger partial charge in [0.25, 0.3) is 0 Å². The summed E-state index contributed by atoms with van der Waals surface area (Å²) >= 11 is 5.94. The molecule has 0 amide bonds. The van der Waals surface area contributed by atoms with Gasteiger partial charge in [-0.2, -0.15) is 0 Å². The molecule has 1 N–H and O–H groups in total. The van der Waals surface area contributed by atoms with Crippen LogP contribution in [0, 0.1) is 5.92 Å². The number of rotatable bonds is 2. The van der Waals surface area contributed by atoms with Crippen LogP contribution in [0.3, 0.4) is 0 Å². The van der Waals surface area contributed by atoms with Gasteiger partial charge in [-0.15, -0.1) is 0 Å². The van der Waals surface area contributed by atoms with Crippen LogP contribution in [-0.4, -0.2) is 18.0 Å². The molecule has 1 aromatic carbocycles. The van der Waals surface area contributed by atoms with Crippen molar-refractivity contribution < 1.29 is 14.6 Å². The van der Waals surface area contributed by atoms with Gasteiger partial charge < -0.3 is 9.84 Å². The van der Waals surface area contributed by atoms with E-state index in [-0.39, 0.29) is 22.5 Å². The number of halogens is 1. The molecule has 1 fully saturated rings. The minimum absolute atomic E-state index is 0.0744. The number of aromatic hydroxyl groups is 1. The number of ether oxygens (including phenoxy) is 1. The summed E-state index contributed by atoms with van der Waals surface area (Å²) in [5.74, 6) is 0.536. The van der Waals surface area contributed by atoms with Crippen molar-refractivity contribution in [3.63, 3.8) is 0 Å². The Labute approximate surface area is 117 Å². The Balaban J connectivity index is 2.37. The highest BCUT2D eigenvalue weighted by molar-refractivity contribution is 6.32. The van der Waals surface area contributed by atoms with Gasteiger partial charge in [0.2, 0.25) is 0 Å². The van der Waals surface area contributed by atoms with Crippen molar-refractivity contribution in [3.05, 3.63) is 28.3 Å². The molecule has 3 nitrogen and oxygen atoms in total. The van der Waals surface area contributed by atoms with E-state index in [1.54, 1.807) is 12.1 Å². The fourth-order valence-corrected chi connectivity index (χ4v) is 2.57. The second-order valence-corrected chi connectivity index (χ2v) is 5.29. The molecule has 0 heterocycles. The smallest absolute Gasteiger partial charge is 0.176 e. The van der Waals surface area contributed by atoms with E-state index in [1.807, 2.05) is 13.0 Å². The van der Waals surface area contributed by atoms with Crippen molar-refractivity contribution in [2.45, 2.75) is 26.2 Å². The summed E-state index contributed by atoms with van der Waals surface area (Å²) in [6, 6.07) is 3.32. The monoisotopic (exact) mass is 280 g/mol. The Morgan fingerprint density at radius 1 is 1.47 bits per heavy atom. The molecule has 0 aliphatic heterocycles. The summed E-state index contributed by atoms with van der Waals surface area (Å²) in [5.41, 5.74) is 1.60. The molecule has 1 atom stereocenters. The van der Waals surface area contributed by atoms with E-state index in [0.717, 1.165) is 30.4 Å². The maximum absolute atomic E-state index is 12.1. The number of phenolic OH excluding ortho intramolecular Hbond substituents is 1. The van der Waals surface area contributed by atoms with Gasteiger partial charge in [0.15, 0.2) is 17.3 Å². The van der Waals surface area contributed by atoms with E-state index < -0.39 is 0 Å². The number of allylic oxidation sites excluding steroid dienone is 1. The largest absolute Gasteiger partial charge is 0.503 e. The van der Waals surface area contributed by atoms with Crippen LogP contribution in [-0.2, 0) is 4.79 Å². The lowest BCUT2D eigenvalue weighted by Gasteiger charge is -2.19. The molecule has 0 aromatic heterocycles. The molecular weight excluding hydrogens is 264 g/mol. The molecule has 1 aliphatic rings. The number of ketones is 1. The summed E-state index contributed by atoms with van der Waals surface area (Å²) in [6.45, 7) is 1.96. The topological polar surface area (TPSA) is 46.5 Å². The number of carbonyl (C=O) groups excluding carboxylic acids is 1. The minimum atomic E-state index is -0.0744. The fourth-order valence-electron chi connectivity index (χ4n) is 2.35. The number of hydrogen-bond acceptors (Lipinski definition) is 3. The zero-order valence-electron chi connectivity index (χ0n) is 11.1. The molecule has 2 rings (SSSR count). The Bertz CT molecular complexity index is 534. The molecule has 102 valence electrons. The predicted octanol–water partition coefficient (Wildman–Crippen LogP) is 3.83. The van der Waals surface area contributed by atoms with E-state index in [2.05, 4.69) is 0 Å². The zero-order chi connectivity index (χ0) is 14.0. The zero-order valence-corrected chi connectivity index (χ0v) is 11.8. The van der Waals surface area contributed by atoms with Crippen LogP contribution >= 0.6 is 11.6 Å². The number of Topliss-reactive ketones (excluding diaryl/α,β-unsaturated/α-hetero) is 1. The highest BCUT2D eigenvalue weighted by Crippen LogP contribution is 2.36. The normalized spacial score (nSPS) is 21.7. The van der Waals surface area contributed by atoms with E-state index in [1.165, 1.54) is 7.11 Å². The Morgan fingerprint density at radius 2 is 2.21 bits per heavy atom. The predicted molar refractivity (Wildman–Crippen MR) is 75.7 cm³/mol. The quantitative estimate of drug-likeness (QED) is 0.838. The van der Waals surface area contributed by atoms with Crippen molar-refractivity contribution in [1.82, 2.24) is 0 Å². The number of benzene rings is 1. The maximum atomic E-state index is 12.1. The van der Waals surface area contributed by atoms with Crippen molar-refractivity contribution in [2.24, 2.45) is 5.92 Å². The third-order valence-electron chi connectivity index (χ3n) is 3.46. The van der Waals surface area contributed by atoms with Crippen molar-refractivity contribution in [3.8, 4) is 11.5 Å². The second-order valence-electron chi connectivity index (χ2n) is 4.88. The Hall–Kier alpha value is -1.48. The first-order valence-electron chi connectivity index (χ1n) is 6.34. The van der Waals surface area contributed by atoms with Gasteiger partial charge in [0.1, 0.15) is 0 Å². The fraction of sp³-hybridized carbons (Fsp3) is 0.400. The van der Waals surface area contributed by atoms with Crippen LogP contribution in [0.4, 0.5) is 0 Å². The molecule has 19 heavy (non-hydrogen) atoms. The molecule has 0 saturated heterocycles. The lowest BCUT2D eigenvalue weighted by molar-refractivity contribution is -0.119. The van der Waals surface area contributed by atoms with E-state index >= 15 is 0 Å². The summed E-state index contributed by atoms with van der Waals surface area (Å²) in [4.78, 5) is 12.1. The minimum Gasteiger partial charge on any atom is -0.503 e. The van der Waals surface area contributed by atoms with Gasteiger partial charge in [-0.3, -0.25) is 4.79 Å². The summed E-state index contributed by atoms with van der Waals surface area (Å²) in [5, 5.41) is 9.90. The second kappa shape index (κ2) is 5.66. The third kappa shape index (κ3) is 2.92. The first kappa shape index (κ1) is 13.9. The first-order chi connectivity index (χ1) is 9.02. The molecule has 0 spiro atoms. The van der Waals surface area contributed by atoms with Gasteiger partial charge in [-0.25, -0.2) is 0 Å². The summed E-state index contributed by atoms with van der Waals surface area (Å²) < 4.78 is 5.05. The lowest BCUT2D eigenvalue weighted by Crippen LogP contribution is -2.18. The molecule has 1 aromatic rings. The molecule has 0 unspecified atom stereocenters. The molecule has 1 saturated carbocycles. The Kier molecular flexibility index (Phi) is 4.15. The van der Waals surface area contributed by atoms with Crippen LogP contribution in [0.1, 0.15) is 31.7 Å². The van der Waals surface area contributed by atoms with E-state index in [0.29, 0.717) is 5.75 Å². The standard InChI is InChI=1S/C15H17ClO3/c1-9-4-3-5-11(14(9)17)6-10-7-12(16)15(18)13(8-10)19-2/h6-9,18H,3-5H2,1-2H3/b11-6+/t9-/m0/s1. The van der Waals surface area contributed by atoms with Gasteiger partial charge in [-0.05, 0) is 48.6 Å². The van der Waals surface area contributed by atoms with Crippen LogP contribution in [0.15, 0.2) is 17.7 Å². The summed E-state index contributed by atoms with van der Waals surface area (Å²) in [7, 11) is 1.47. The number of hydrogen-bond donors (Lipinski definition) is 1. The SMILES string of the molecule is COc1cc(/C=C2\CCC[C@H](C)C2=O)cc(Cl)c1O. The molecule has 1 aliphatic carbocycles. The van der Waals surface area contributed by atoms with Crippen molar-refractivity contribution in [1.29, 1.82) is 0 Å². The van der Waals surface area contributed by atoms with Crippen LogP contribution < -0.4 is 4.74 Å². The van der Waals surface area contributed by atoms with Crippen LogP contribution in [0.2, 0.25) is 5.02 Å². The van der Waals surface area contributed by atoms with Crippen LogP contribution in [0.5, 0.6) is 11.5 Å². The average molecular weight is 281 g/mol. The highest BCUT2D eigenvalue weighted by Gasteiger charge is 2.22. The maximum Gasteiger partial charge on any atom is 0.176 e. The van der Waals surface area contributed by atoms with Gasteiger partial charge in [0.05, 0.1) is 12.1 Å². The lowest BCUT2D eigenvalue weighted by atomic mass is 9.84. The highest BCUT2D eigenvalue weighted by atomic mass is 35.5. The molecule has 0 bridgehead atoms. The van der Waals surface area contributed by atoms with E-state index in [4.69, 9.17) is 16.3 Å². The van der Waals surface area contributed by atoms with Gasteiger partial charge in [0, 0.05) is 5.92 Å². The van der Waals surface area contributed by atoms with Gasteiger partial charge in [-0.1, -0.05) is 18.5 Å². The molecular formula is C15H17ClO3. The molecule has 4 heteroatoms. The first-order valence-corrected chi connectivity index (χ1v) is 6.72. The van der Waals surface area contributed by atoms with E-state index in [9.17, 15) is 9.90 Å². The van der Waals surface area contributed by atoms with Crippen LogP contribution in [0.25, 0.3) is 6.08 Å². The Morgan fingerprint density at radius 3 is 2.89 bits per heavy atom. The van der Waals surface area contributed by atoms with Gasteiger partial charge >= 0.3 is 0 Å². The van der Waals surface area contributed by atoms with Crippen molar-refractivity contribution in [2.75, 3.05) is 7.11 Å². The average Bonchev–Trinajstić information content (AvgIpc) is 2.39. The third-order valence-corrected chi connectivity index (χ3v) is 3.75. The number of methoxy groups -OCH3 is 1. The van der Waals surface area contributed by atoms with Crippen molar-refractivity contribution >= 4 is 23.5 Å². The number of carbonyl (C=O) groups is 1.